The van der Waals surface area contributed by atoms with Gasteiger partial charge in [-0.1, -0.05) is 0 Å². The Balaban J connectivity index is 1.92. The number of hydrogen-bond acceptors (Lipinski definition) is 3. The molecular weight excluding hydrogens is 220 g/mol. The van der Waals surface area contributed by atoms with Gasteiger partial charge in [0.05, 0.1) is 0 Å². The summed E-state index contributed by atoms with van der Waals surface area (Å²) < 4.78 is 0. The first kappa shape index (κ1) is 13.8. The van der Waals surface area contributed by atoms with E-state index in [0.29, 0.717) is 6.42 Å². The minimum absolute atomic E-state index is 0.200. The van der Waals surface area contributed by atoms with Gasteiger partial charge in [-0.15, -0.1) is 0 Å². The maximum atomic E-state index is 11.4. The van der Waals surface area contributed by atoms with E-state index in [0.717, 1.165) is 18.2 Å². The topological polar surface area (TPSA) is 32.3 Å². The van der Waals surface area contributed by atoms with Crippen LogP contribution in [0.1, 0.15) is 26.2 Å². The molecule has 1 aliphatic carbocycles. The van der Waals surface area contributed by atoms with Crippen molar-refractivity contribution in [2.45, 2.75) is 32.2 Å². The summed E-state index contributed by atoms with van der Waals surface area (Å²) in [5.74, 6) is 3.70. The zero-order chi connectivity index (χ0) is 12.0. The van der Waals surface area contributed by atoms with E-state index in [4.69, 9.17) is 0 Å². The first-order chi connectivity index (χ1) is 7.59. The predicted molar refractivity (Wildman–Crippen MR) is 70.8 cm³/mol. The predicted octanol–water partition coefficient (Wildman–Crippen LogP) is 1.59. The molecule has 0 aliphatic heterocycles. The van der Waals surface area contributed by atoms with Crippen molar-refractivity contribution in [1.29, 1.82) is 0 Å². The van der Waals surface area contributed by atoms with Gasteiger partial charge in [-0.3, -0.25) is 4.79 Å². The molecule has 4 heteroatoms. The number of carbonyl (C=O) groups is 1. The van der Waals surface area contributed by atoms with Crippen molar-refractivity contribution >= 4 is 17.7 Å². The van der Waals surface area contributed by atoms with E-state index < -0.39 is 0 Å². The molecule has 1 atom stereocenters. The molecule has 0 saturated heterocycles. The fourth-order valence-electron chi connectivity index (χ4n) is 1.43. The Morgan fingerprint density at radius 1 is 1.50 bits per heavy atom. The van der Waals surface area contributed by atoms with E-state index >= 15 is 0 Å². The number of hydrogen-bond donors (Lipinski definition) is 1. The van der Waals surface area contributed by atoms with Crippen molar-refractivity contribution < 1.29 is 4.79 Å². The molecular formula is C12H24N2OS. The molecule has 1 amide bonds. The van der Waals surface area contributed by atoms with Crippen LogP contribution >= 0.6 is 11.8 Å². The molecule has 0 bridgehead atoms. The molecule has 3 nitrogen and oxygen atoms in total. The van der Waals surface area contributed by atoms with Gasteiger partial charge < -0.3 is 10.2 Å². The maximum Gasteiger partial charge on any atom is 0.223 e. The van der Waals surface area contributed by atoms with Crippen molar-refractivity contribution in [3.8, 4) is 0 Å². The molecule has 94 valence electrons. The van der Waals surface area contributed by atoms with Crippen LogP contribution in [0.15, 0.2) is 0 Å². The normalized spacial score (nSPS) is 17.2. The monoisotopic (exact) mass is 244 g/mol. The van der Waals surface area contributed by atoms with Crippen molar-refractivity contribution in [2.24, 2.45) is 5.92 Å². The Bertz CT molecular complexity index is 217. The number of amides is 1. The van der Waals surface area contributed by atoms with Crippen molar-refractivity contribution in [3.05, 3.63) is 0 Å². The highest BCUT2D eigenvalue weighted by Gasteiger charge is 2.20. The van der Waals surface area contributed by atoms with Crippen molar-refractivity contribution in [3.63, 3.8) is 0 Å². The molecule has 1 saturated carbocycles. The summed E-state index contributed by atoms with van der Waals surface area (Å²) in [7, 11) is 3.61. The Labute approximate surface area is 103 Å². The lowest BCUT2D eigenvalue weighted by molar-refractivity contribution is -0.129. The molecule has 1 unspecified atom stereocenters. The van der Waals surface area contributed by atoms with E-state index in [-0.39, 0.29) is 11.9 Å². The molecule has 1 aliphatic rings. The second-order valence-electron chi connectivity index (χ2n) is 4.87. The summed E-state index contributed by atoms with van der Waals surface area (Å²) in [6.45, 7) is 3.09. The summed E-state index contributed by atoms with van der Waals surface area (Å²) in [6, 6.07) is 0.288. The van der Waals surface area contributed by atoms with Gasteiger partial charge >= 0.3 is 0 Å². The molecule has 0 aromatic heterocycles. The van der Waals surface area contributed by atoms with Gasteiger partial charge in [0.1, 0.15) is 0 Å². The Morgan fingerprint density at radius 2 is 2.19 bits per heavy atom. The van der Waals surface area contributed by atoms with E-state index in [1.165, 1.54) is 18.6 Å². The highest BCUT2D eigenvalue weighted by molar-refractivity contribution is 7.99. The molecule has 0 radical (unpaired) electrons. The number of thioether (sulfide) groups is 1. The molecule has 1 rings (SSSR count). The van der Waals surface area contributed by atoms with Crippen molar-refractivity contribution in [1.82, 2.24) is 10.2 Å². The van der Waals surface area contributed by atoms with Crippen LogP contribution in [0.2, 0.25) is 0 Å². The average Bonchev–Trinajstić information content (AvgIpc) is 3.00. The molecule has 1 N–H and O–H groups in total. The number of rotatable bonds is 8. The number of nitrogens with zero attached hydrogens (tertiary/aromatic N) is 1. The minimum Gasteiger partial charge on any atom is -0.349 e. The zero-order valence-electron chi connectivity index (χ0n) is 10.7. The standard InChI is InChI=1S/C12H24N2OS/c1-10(8-12(15)14(2)3)13-6-7-16-9-11-4-5-11/h10-11,13H,4-9H2,1-3H3. The molecule has 1 fully saturated rings. The summed E-state index contributed by atoms with van der Waals surface area (Å²) in [5, 5.41) is 3.39. The van der Waals surface area contributed by atoms with E-state index in [9.17, 15) is 4.79 Å². The molecule has 16 heavy (non-hydrogen) atoms. The van der Waals surface area contributed by atoms with Crippen LogP contribution in [0.4, 0.5) is 0 Å². The maximum absolute atomic E-state index is 11.4. The van der Waals surface area contributed by atoms with Gasteiger partial charge in [0.15, 0.2) is 0 Å². The number of nitrogens with one attached hydrogen (secondary N) is 1. The smallest absolute Gasteiger partial charge is 0.223 e. The van der Waals surface area contributed by atoms with Gasteiger partial charge in [-0.05, 0) is 31.4 Å². The van der Waals surface area contributed by atoms with Gasteiger partial charge in [0.25, 0.3) is 0 Å². The Hall–Kier alpha value is -0.220. The van der Waals surface area contributed by atoms with E-state index in [1.54, 1.807) is 19.0 Å². The summed E-state index contributed by atoms with van der Waals surface area (Å²) in [5.41, 5.74) is 0. The largest absolute Gasteiger partial charge is 0.349 e. The summed E-state index contributed by atoms with van der Waals surface area (Å²) in [6.07, 6.45) is 3.47. The molecule has 0 aromatic rings. The van der Waals surface area contributed by atoms with E-state index in [2.05, 4.69) is 12.2 Å². The van der Waals surface area contributed by atoms with Crippen LogP contribution in [-0.4, -0.2) is 49.0 Å². The molecule has 0 aromatic carbocycles. The van der Waals surface area contributed by atoms with E-state index in [1.807, 2.05) is 11.8 Å². The summed E-state index contributed by atoms with van der Waals surface area (Å²) >= 11 is 2.03. The second kappa shape index (κ2) is 7.17. The SMILES string of the molecule is CC(CC(=O)N(C)C)NCCSCC1CC1. The minimum atomic E-state index is 0.200. The van der Waals surface area contributed by atoms with Crippen LogP contribution in [0.3, 0.4) is 0 Å². The van der Waals surface area contributed by atoms with Gasteiger partial charge in [-0.2, -0.15) is 11.8 Å². The Kier molecular flexibility index (Phi) is 6.21. The molecule has 0 spiro atoms. The van der Waals surface area contributed by atoms with Gasteiger partial charge in [-0.25, -0.2) is 0 Å². The fourth-order valence-corrected chi connectivity index (χ4v) is 2.52. The summed E-state index contributed by atoms with van der Waals surface area (Å²) in [4.78, 5) is 13.1. The lowest BCUT2D eigenvalue weighted by Crippen LogP contribution is -2.34. The molecule has 0 heterocycles. The number of carbonyl (C=O) groups excluding carboxylic acids is 1. The highest BCUT2D eigenvalue weighted by atomic mass is 32.2. The van der Waals surface area contributed by atoms with Crippen LogP contribution in [0, 0.1) is 5.92 Å². The first-order valence-corrected chi connectivity index (χ1v) is 7.26. The second-order valence-corrected chi connectivity index (χ2v) is 6.02. The van der Waals surface area contributed by atoms with Crippen LogP contribution in [0.25, 0.3) is 0 Å². The third-order valence-corrected chi connectivity index (χ3v) is 3.97. The Morgan fingerprint density at radius 3 is 2.75 bits per heavy atom. The average molecular weight is 244 g/mol. The van der Waals surface area contributed by atoms with Crippen LogP contribution < -0.4 is 5.32 Å². The van der Waals surface area contributed by atoms with Gasteiger partial charge in [0, 0.05) is 38.9 Å². The third kappa shape index (κ3) is 6.38. The fraction of sp³-hybridized carbons (Fsp3) is 0.917. The van der Waals surface area contributed by atoms with Crippen molar-refractivity contribution in [2.75, 3.05) is 32.1 Å². The highest BCUT2D eigenvalue weighted by Crippen LogP contribution is 2.32. The van der Waals surface area contributed by atoms with Gasteiger partial charge in [0.2, 0.25) is 5.91 Å². The first-order valence-electron chi connectivity index (χ1n) is 6.11. The lowest BCUT2D eigenvalue weighted by Gasteiger charge is -2.16. The zero-order valence-corrected chi connectivity index (χ0v) is 11.5. The van der Waals surface area contributed by atoms with Crippen LogP contribution in [0.5, 0.6) is 0 Å². The quantitative estimate of drug-likeness (QED) is 0.658. The van der Waals surface area contributed by atoms with Crippen LogP contribution in [-0.2, 0) is 4.79 Å². The third-order valence-electron chi connectivity index (χ3n) is 2.77. The lowest BCUT2D eigenvalue weighted by atomic mass is 10.2.